The van der Waals surface area contributed by atoms with Gasteiger partial charge in [-0.05, 0) is 6.42 Å². The van der Waals surface area contributed by atoms with Gasteiger partial charge in [0.15, 0.2) is 6.29 Å². The lowest BCUT2D eigenvalue weighted by atomic mass is 10.4. The number of ether oxygens (including phenoxy) is 2. The molecule has 2 atom stereocenters. The van der Waals surface area contributed by atoms with Gasteiger partial charge in [-0.15, -0.1) is 0 Å². The molecule has 0 radical (unpaired) electrons. The van der Waals surface area contributed by atoms with Gasteiger partial charge in [0.1, 0.15) is 0 Å². The van der Waals surface area contributed by atoms with Crippen molar-refractivity contribution in [2.75, 3.05) is 13.7 Å². The van der Waals surface area contributed by atoms with E-state index >= 15 is 0 Å². The summed E-state index contributed by atoms with van der Waals surface area (Å²) < 4.78 is 10.1. The third-order valence-corrected chi connectivity index (χ3v) is 2.09. The minimum Gasteiger partial charge on any atom is -0.355 e. The lowest BCUT2D eigenvalue weighted by Crippen LogP contribution is -2.16. The predicted octanol–water partition coefficient (Wildman–Crippen LogP) is 1.14. The van der Waals surface area contributed by atoms with Gasteiger partial charge in [-0.1, -0.05) is 15.9 Å². The Labute approximate surface area is 57.3 Å². The molecule has 2 nitrogen and oxygen atoms in total. The Kier molecular flexibility index (Phi) is 2.28. The number of methoxy groups -OCH3 is 1. The van der Waals surface area contributed by atoms with Crippen molar-refractivity contribution >= 4 is 15.9 Å². The molecule has 1 fully saturated rings. The normalized spacial score (nSPS) is 38.2. The highest BCUT2D eigenvalue weighted by molar-refractivity contribution is 9.09. The third-order valence-electron chi connectivity index (χ3n) is 1.20. The van der Waals surface area contributed by atoms with E-state index in [-0.39, 0.29) is 6.29 Å². The van der Waals surface area contributed by atoms with Crippen molar-refractivity contribution in [1.82, 2.24) is 0 Å². The van der Waals surface area contributed by atoms with Crippen LogP contribution < -0.4 is 0 Å². The van der Waals surface area contributed by atoms with Gasteiger partial charge in [-0.25, -0.2) is 0 Å². The Hall–Kier alpha value is 0.400. The summed E-state index contributed by atoms with van der Waals surface area (Å²) in [6, 6.07) is 0. The highest BCUT2D eigenvalue weighted by Crippen LogP contribution is 2.20. The van der Waals surface area contributed by atoms with Gasteiger partial charge in [0.25, 0.3) is 0 Å². The van der Waals surface area contributed by atoms with Crippen LogP contribution in [0.15, 0.2) is 0 Å². The van der Waals surface area contributed by atoms with Crippen molar-refractivity contribution in [3.05, 3.63) is 0 Å². The van der Waals surface area contributed by atoms with Crippen molar-refractivity contribution in [1.29, 1.82) is 0 Å². The molecule has 0 amide bonds. The van der Waals surface area contributed by atoms with Crippen molar-refractivity contribution in [2.45, 2.75) is 17.5 Å². The van der Waals surface area contributed by atoms with Crippen LogP contribution in [0.4, 0.5) is 0 Å². The molecule has 0 aliphatic carbocycles. The van der Waals surface area contributed by atoms with Crippen LogP contribution in [-0.4, -0.2) is 24.8 Å². The Balaban J connectivity index is 2.30. The monoisotopic (exact) mass is 180 g/mol. The fraction of sp³-hybridized carbons (Fsp3) is 1.00. The average molecular weight is 181 g/mol. The van der Waals surface area contributed by atoms with E-state index in [2.05, 4.69) is 15.9 Å². The van der Waals surface area contributed by atoms with Gasteiger partial charge in [-0.2, -0.15) is 0 Å². The van der Waals surface area contributed by atoms with Crippen LogP contribution in [0.1, 0.15) is 6.42 Å². The third kappa shape index (κ3) is 1.21. The minimum absolute atomic E-state index is 0.0185. The van der Waals surface area contributed by atoms with E-state index in [1.54, 1.807) is 7.11 Å². The first kappa shape index (κ1) is 6.52. The van der Waals surface area contributed by atoms with Crippen LogP contribution in [0.5, 0.6) is 0 Å². The molecule has 48 valence electrons. The van der Waals surface area contributed by atoms with E-state index in [4.69, 9.17) is 9.47 Å². The lowest BCUT2D eigenvalue weighted by molar-refractivity contribution is -0.0845. The summed E-state index contributed by atoms with van der Waals surface area (Å²) in [5.41, 5.74) is 0. The van der Waals surface area contributed by atoms with Crippen LogP contribution in [0.3, 0.4) is 0 Å². The number of hydrogen-bond acceptors (Lipinski definition) is 2. The summed E-state index contributed by atoms with van der Waals surface area (Å²) in [5.74, 6) is 0. The second-order valence-electron chi connectivity index (χ2n) is 1.78. The van der Waals surface area contributed by atoms with Crippen LogP contribution in [0.2, 0.25) is 0 Å². The van der Waals surface area contributed by atoms with E-state index in [1.807, 2.05) is 0 Å². The van der Waals surface area contributed by atoms with E-state index in [1.165, 1.54) is 0 Å². The van der Waals surface area contributed by atoms with Gasteiger partial charge in [-0.3, -0.25) is 0 Å². The lowest BCUT2D eigenvalue weighted by Gasteiger charge is -2.08. The van der Waals surface area contributed by atoms with Gasteiger partial charge in [0, 0.05) is 7.11 Å². The quantitative estimate of drug-likeness (QED) is 0.564. The minimum atomic E-state index is -0.0185. The highest BCUT2D eigenvalue weighted by Gasteiger charge is 2.24. The van der Waals surface area contributed by atoms with Crippen LogP contribution >= 0.6 is 15.9 Å². The molecule has 1 aliphatic rings. The summed E-state index contributed by atoms with van der Waals surface area (Å²) in [5, 5.41) is 0. The fourth-order valence-electron chi connectivity index (χ4n) is 0.753. The molecule has 1 saturated heterocycles. The Morgan fingerprint density at radius 2 is 2.50 bits per heavy atom. The molecule has 0 bridgehead atoms. The smallest absolute Gasteiger partial charge is 0.169 e. The molecule has 1 rings (SSSR count). The van der Waals surface area contributed by atoms with E-state index in [9.17, 15) is 0 Å². The summed E-state index contributed by atoms with van der Waals surface area (Å²) in [7, 11) is 1.66. The zero-order valence-electron chi connectivity index (χ0n) is 4.76. The SMILES string of the molecule is COC1OCCC1Br. The van der Waals surface area contributed by atoms with Crippen molar-refractivity contribution in [2.24, 2.45) is 0 Å². The van der Waals surface area contributed by atoms with Gasteiger partial charge >= 0.3 is 0 Å². The zero-order valence-corrected chi connectivity index (χ0v) is 6.35. The first-order valence-electron chi connectivity index (χ1n) is 2.63. The van der Waals surface area contributed by atoms with E-state index < -0.39 is 0 Å². The number of alkyl halides is 1. The first-order valence-corrected chi connectivity index (χ1v) is 3.54. The maximum atomic E-state index is 5.15. The first-order chi connectivity index (χ1) is 3.84. The zero-order chi connectivity index (χ0) is 5.98. The average Bonchev–Trinajstić information content (AvgIpc) is 2.14. The summed E-state index contributed by atoms with van der Waals surface area (Å²) in [6.45, 7) is 0.814. The second-order valence-corrected chi connectivity index (χ2v) is 2.96. The molecule has 2 unspecified atom stereocenters. The summed E-state index contributed by atoms with van der Waals surface area (Å²) in [6.07, 6.45) is 1.04. The molecular weight excluding hydrogens is 172 g/mol. The molecule has 0 aromatic carbocycles. The van der Waals surface area contributed by atoms with E-state index in [0.29, 0.717) is 4.83 Å². The molecule has 0 spiro atoms. The Morgan fingerprint density at radius 3 is 2.75 bits per heavy atom. The molecule has 1 aliphatic heterocycles. The predicted molar refractivity (Wildman–Crippen MR) is 34.1 cm³/mol. The van der Waals surface area contributed by atoms with Crippen LogP contribution in [-0.2, 0) is 9.47 Å². The maximum Gasteiger partial charge on any atom is 0.169 e. The number of hydrogen-bond donors (Lipinski definition) is 0. The maximum absolute atomic E-state index is 5.15. The van der Waals surface area contributed by atoms with Gasteiger partial charge in [0.2, 0.25) is 0 Å². The van der Waals surface area contributed by atoms with Crippen molar-refractivity contribution in [3.8, 4) is 0 Å². The summed E-state index contributed by atoms with van der Waals surface area (Å²) in [4.78, 5) is 0.396. The van der Waals surface area contributed by atoms with Crippen LogP contribution in [0, 0.1) is 0 Å². The fourth-order valence-corrected chi connectivity index (χ4v) is 1.31. The topological polar surface area (TPSA) is 18.5 Å². The Morgan fingerprint density at radius 1 is 1.75 bits per heavy atom. The summed E-state index contributed by atoms with van der Waals surface area (Å²) >= 11 is 3.41. The van der Waals surface area contributed by atoms with E-state index in [0.717, 1.165) is 13.0 Å². The van der Waals surface area contributed by atoms with Crippen molar-refractivity contribution in [3.63, 3.8) is 0 Å². The molecule has 3 heteroatoms. The standard InChI is InChI=1S/C5H9BrO2/c1-7-5-4(6)2-3-8-5/h4-5H,2-3H2,1H3. The highest BCUT2D eigenvalue weighted by atomic mass is 79.9. The number of rotatable bonds is 1. The molecule has 0 aromatic rings. The molecule has 0 N–H and O–H groups in total. The molecule has 8 heavy (non-hydrogen) atoms. The second kappa shape index (κ2) is 2.80. The number of halogens is 1. The largest absolute Gasteiger partial charge is 0.355 e. The van der Waals surface area contributed by atoms with Crippen molar-refractivity contribution < 1.29 is 9.47 Å². The molecule has 1 heterocycles. The molecular formula is C5H9BrO2. The van der Waals surface area contributed by atoms with Gasteiger partial charge in [0.05, 0.1) is 11.4 Å². The molecule has 0 aromatic heterocycles. The molecule has 0 saturated carbocycles. The Bertz CT molecular complexity index is 76.8. The van der Waals surface area contributed by atoms with Gasteiger partial charge < -0.3 is 9.47 Å². The van der Waals surface area contributed by atoms with Crippen LogP contribution in [0.25, 0.3) is 0 Å².